The molecule has 1 unspecified atom stereocenters. The van der Waals surface area contributed by atoms with Gasteiger partial charge in [-0.2, -0.15) is 0 Å². The summed E-state index contributed by atoms with van der Waals surface area (Å²) in [5, 5.41) is 0. The molecule has 0 spiro atoms. The fourth-order valence-corrected chi connectivity index (χ4v) is 2.33. The topological polar surface area (TPSA) is 26.0 Å². The first-order valence-corrected chi connectivity index (χ1v) is 6.51. The van der Waals surface area contributed by atoms with Crippen molar-refractivity contribution in [2.24, 2.45) is 5.73 Å². The number of halogens is 5. The molecular formula is C14H10BrF4N. The van der Waals surface area contributed by atoms with Crippen LogP contribution in [0, 0.1) is 23.3 Å². The predicted molar refractivity (Wildman–Crippen MR) is 71.0 cm³/mol. The van der Waals surface area contributed by atoms with Crippen molar-refractivity contribution in [3.05, 3.63) is 69.2 Å². The second-order valence-electron chi connectivity index (χ2n) is 4.34. The zero-order valence-corrected chi connectivity index (χ0v) is 11.7. The van der Waals surface area contributed by atoms with Crippen LogP contribution in [-0.4, -0.2) is 0 Å². The molecule has 0 saturated carbocycles. The van der Waals surface area contributed by atoms with E-state index in [0.717, 1.165) is 24.3 Å². The maximum absolute atomic E-state index is 13.7. The Balaban J connectivity index is 2.28. The maximum atomic E-state index is 13.7. The predicted octanol–water partition coefficient (Wildman–Crippen LogP) is 4.25. The third kappa shape index (κ3) is 3.19. The van der Waals surface area contributed by atoms with Crippen LogP contribution < -0.4 is 5.73 Å². The number of benzene rings is 2. The minimum Gasteiger partial charge on any atom is -0.323 e. The van der Waals surface area contributed by atoms with Crippen molar-refractivity contribution in [3.8, 4) is 0 Å². The van der Waals surface area contributed by atoms with Gasteiger partial charge in [-0.1, -0.05) is 22.0 Å². The van der Waals surface area contributed by atoms with Gasteiger partial charge in [-0.05, 0) is 36.2 Å². The highest BCUT2D eigenvalue weighted by Crippen LogP contribution is 2.26. The highest BCUT2D eigenvalue weighted by molar-refractivity contribution is 9.10. The van der Waals surface area contributed by atoms with Gasteiger partial charge in [-0.15, -0.1) is 0 Å². The molecule has 0 aromatic heterocycles. The molecule has 20 heavy (non-hydrogen) atoms. The van der Waals surface area contributed by atoms with Gasteiger partial charge < -0.3 is 5.73 Å². The Kier molecular flexibility index (Phi) is 4.45. The first kappa shape index (κ1) is 15.0. The normalized spacial score (nSPS) is 12.5. The summed E-state index contributed by atoms with van der Waals surface area (Å²) in [6, 6.07) is 4.45. The number of rotatable bonds is 3. The average Bonchev–Trinajstić information content (AvgIpc) is 2.32. The molecule has 0 amide bonds. The summed E-state index contributed by atoms with van der Waals surface area (Å²) in [5.41, 5.74) is 5.84. The fourth-order valence-electron chi connectivity index (χ4n) is 1.93. The molecule has 2 aromatic rings. The Hall–Kier alpha value is -1.40. The fraction of sp³-hybridized carbons (Fsp3) is 0.143. The summed E-state index contributed by atoms with van der Waals surface area (Å²) in [7, 11) is 0. The third-order valence-corrected chi connectivity index (χ3v) is 3.31. The average molecular weight is 348 g/mol. The van der Waals surface area contributed by atoms with Crippen LogP contribution in [0.5, 0.6) is 0 Å². The molecular weight excluding hydrogens is 338 g/mol. The van der Waals surface area contributed by atoms with Crippen molar-refractivity contribution in [3.63, 3.8) is 0 Å². The molecule has 0 aliphatic rings. The van der Waals surface area contributed by atoms with Crippen LogP contribution in [0.25, 0.3) is 0 Å². The van der Waals surface area contributed by atoms with Crippen LogP contribution in [0.15, 0.2) is 34.8 Å². The largest absolute Gasteiger partial charge is 0.323 e. The van der Waals surface area contributed by atoms with Crippen LogP contribution in [0.4, 0.5) is 17.6 Å². The Labute approximate surface area is 121 Å². The molecule has 1 atom stereocenters. The SMILES string of the molecule is NC(Cc1ccc(F)c(F)c1)c1c(F)cc(Br)cc1F. The summed E-state index contributed by atoms with van der Waals surface area (Å²) in [6.45, 7) is 0. The Morgan fingerprint density at radius 3 is 2.05 bits per heavy atom. The van der Waals surface area contributed by atoms with Gasteiger partial charge in [0.25, 0.3) is 0 Å². The summed E-state index contributed by atoms with van der Waals surface area (Å²) in [4.78, 5) is 0. The van der Waals surface area contributed by atoms with E-state index in [9.17, 15) is 17.6 Å². The first-order valence-electron chi connectivity index (χ1n) is 5.72. The van der Waals surface area contributed by atoms with E-state index in [0.29, 0.717) is 5.56 Å². The highest BCUT2D eigenvalue weighted by atomic mass is 79.9. The molecule has 0 fully saturated rings. The smallest absolute Gasteiger partial charge is 0.159 e. The van der Waals surface area contributed by atoms with E-state index in [1.165, 1.54) is 6.07 Å². The van der Waals surface area contributed by atoms with E-state index < -0.39 is 29.3 Å². The number of hydrogen-bond donors (Lipinski definition) is 1. The van der Waals surface area contributed by atoms with Crippen molar-refractivity contribution in [1.82, 2.24) is 0 Å². The molecule has 0 saturated heterocycles. The maximum Gasteiger partial charge on any atom is 0.159 e. The lowest BCUT2D eigenvalue weighted by Crippen LogP contribution is -2.17. The molecule has 6 heteroatoms. The molecule has 0 aliphatic carbocycles. The highest BCUT2D eigenvalue weighted by Gasteiger charge is 2.18. The van der Waals surface area contributed by atoms with Crippen molar-refractivity contribution in [2.45, 2.75) is 12.5 Å². The van der Waals surface area contributed by atoms with Gasteiger partial charge >= 0.3 is 0 Å². The molecule has 2 aromatic carbocycles. The van der Waals surface area contributed by atoms with Crippen LogP contribution >= 0.6 is 15.9 Å². The minimum atomic E-state index is -1.02. The summed E-state index contributed by atoms with van der Waals surface area (Å²) in [5.74, 6) is -3.58. The number of hydrogen-bond acceptors (Lipinski definition) is 1. The van der Waals surface area contributed by atoms with E-state index >= 15 is 0 Å². The molecule has 0 radical (unpaired) electrons. The number of nitrogens with two attached hydrogens (primary N) is 1. The van der Waals surface area contributed by atoms with Crippen molar-refractivity contribution < 1.29 is 17.6 Å². The van der Waals surface area contributed by atoms with Crippen LogP contribution in [-0.2, 0) is 6.42 Å². The van der Waals surface area contributed by atoms with Gasteiger partial charge in [0, 0.05) is 16.1 Å². The lowest BCUT2D eigenvalue weighted by molar-refractivity contribution is 0.503. The van der Waals surface area contributed by atoms with Crippen molar-refractivity contribution in [2.75, 3.05) is 0 Å². The van der Waals surface area contributed by atoms with Gasteiger partial charge in [0.05, 0.1) is 0 Å². The Morgan fingerprint density at radius 2 is 1.50 bits per heavy atom. The Morgan fingerprint density at radius 1 is 0.900 bits per heavy atom. The summed E-state index contributed by atoms with van der Waals surface area (Å²) < 4.78 is 53.6. The van der Waals surface area contributed by atoms with E-state index in [1.807, 2.05) is 0 Å². The van der Waals surface area contributed by atoms with Gasteiger partial charge in [0.1, 0.15) is 11.6 Å². The summed E-state index contributed by atoms with van der Waals surface area (Å²) in [6.07, 6.45) is -0.00727. The molecule has 1 nitrogen and oxygen atoms in total. The third-order valence-electron chi connectivity index (χ3n) is 2.85. The quantitative estimate of drug-likeness (QED) is 0.825. The lowest BCUT2D eigenvalue weighted by Gasteiger charge is -2.14. The Bertz CT molecular complexity index is 622. The molecule has 2 N–H and O–H groups in total. The molecule has 0 aliphatic heterocycles. The molecule has 0 heterocycles. The van der Waals surface area contributed by atoms with Crippen molar-refractivity contribution in [1.29, 1.82) is 0 Å². The minimum absolute atomic E-state index is 0.00727. The van der Waals surface area contributed by atoms with Gasteiger partial charge in [-0.25, -0.2) is 17.6 Å². The molecule has 106 valence electrons. The van der Waals surface area contributed by atoms with Crippen LogP contribution in [0.3, 0.4) is 0 Å². The van der Waals surface area contributed by atoms with E-state index in [1.54, 1.807) is 0 Å². The van der Waals surface area contributed by atoms with E-state index in [4.69, 9.17) is 5.73 Å². The second kappa shape index (κ2) is 5.93. The van der Waals surface area contributed by atoms with E-state index in [-0.39, 0.29) is 16.5 Å². The molecule has 0 bridgehead atoms. The second-order valence-corrected chi connectivity index (χ2v) is 5.26. The summed E-state index contributed by atoms with van der Waals surface area (Å²) >= 11 is 2.97. The van der Waals surface area contributed by atoms with E-state index in [2.05, 4.69) is 15.9 Å². The lowest BCUT2D eigenvalue weighted by atomic mass is 9.98. The van der Waals surface area contributed by atoms with Gasteiger partial charge in [-0.3, -0.25) is 0 Å². The van der Waals surface area contributed by atoms with Crippen LogP contribution in [0.2, 0.25) is 0 Å². The van der Waals surface area contributed by atoms with Crippen LogP contribution in [0.1, 0.15) is 17.2 Å². The zero-order valence-electron chi connectivity index (χ0n) is 10.1. The zero-order chi connectivity index (χ0) is 14.9. The van der Waals surface area contributed by atoms with Crippen molar-refractivity contribution >= 4 is 15.9 Å². The van der Waals surface area contributed by atoms with Gasteiger partial charge in [0.15, 0.2) is 11.6 Å². The standard InChI is InChI=1S/C14H10BrF4N/c15-8-5-11(18)14(12(19)6-8)13(20)4-7-1-2-9(16)10(17)3-7/h1-3,5-6,13H,4,20H2. The molecule has 2 rings (SSSR count). The monoisotopic (exact) mass is 347 g/mol. The first-order chi connectivity index (χ1) is 9.38. The van der Waals surface area contributed by atoms with Gasteiger partial charge in [0.2, 0.25) is 0 Å².